The molecule has 1 N–H and O–H groups in total. The maximum atomic E-state index is 11.2. The Kier molecular flexibility index (Phi) is 2.03. The molecule has 3 heteroatoms. The van der Waals surface area contributed by atoms with Gasteiger partial charge in [-0.15, -0.1) is 0 Å². The van der Waals surface area contributed by atoms with Crippen LogP contribution in [0.15, 0.2) is 18.2 Å². The van der Waals surface area contributed by atoms with Crippen molar-refractivity contribution in [2.45, 2.75) is 26.2 Å². The molecule has 0 spiro atoms. The summed E-state index contributed by atoms with van der Waals surface area (Å²) in [5.41, 5.74) is 2.26. The van der Waals surface area contributed by atoms with Crippen molar-refractivity contribution < 1.29 is 14.6 Å². The lowest BCUT2D eigenvalue weighted by molar-refractivity contribution is -0.139. The molecular formula is C14H16O3. The van der Waals surface area contributed by atoms with Crippen LogP contribution in [0, 0.1) is 11.3 Å². The Morgan fingerprint density at radius 2 is 2.24 bits per heavy atom. The first-order valence-corrected chi connectivity index (χ1v) is 6.01. The molecule has 1 aromatic carbocycles. The fraction of sp³-hybridized carbons (Fsp3) is 0.500. The number of hydrogen-bond acceptors (Lipinski definition) is 2. The SMILES string of the molecule is CC1(C)C(C(=O)O)C1c1cccc2c1CCO2. The van der Waals surface area contributed by atoms with E-state index in [2.05, 4.69) is 6.07 Å². The number of carbonyl (C=O) groups is 1. The third-order valence-corrected chi connectivity index (χ3v) is 4.21. The molecule has 0 saturated heterocycles. The predicted molar refractivity (Wildman–Crippen MR) is 63.3 cm³/mol. The van der Waals surface area contributed by atoms with Gasteiger partial charge in [0.25, 0.3) is 0 Å². The number of carboxylic acids is 1. The maximum absolute atomic E-state index is 11.2. The highest BCUT2D eigenvalue weighted by atomic mass is 16.5. The lowest BCUT2D eigenvalue weighted by Crippen LogP contribution is -2.03. The summed E-state index contributed by atoms with van der Waals surface area (Å²) in [5.74, 6) is 0.136. The first kappa shape index (κ1) is 10.6. The minimum absolute atomic E-state index is 0.135. The molecule has 17 heavy (non-hydrogen) atoms. The molecule has 0 bridgehead atoms. The van der Waals surface area contributed by atoms with Crippen molar-refractivity contribution in [3.05, 3.63) is 29.3 Å². The quantitative estimate of drug-likeness (QED) is 0.852. The van der Waals surface area contributed by atoms with Crippen LogP contribution in [0.2, 0.25) is 0 Å². The highest BCUT2D eigenvalue weighted by Gasteiger charge is 2.63. The molecule has 1 heterocycles. The van der Waals surface area contributed by atoms with Crippen LogP contribution in [0.5, 0.6) is 5.75 Å². The molecule has 0 amide bonds. The lowest BCUT2D eigenvalue weighted by Gasteiger charge is -2.07. The summed E-state index contributed by atoms with van der Waals surface area (Å²) in [5, 5.41) is 9.24. The van der Waals surface area contributed by atoms with Gasteiger partial charge in [-0.25, -0.2) is 0 Å². The number of carboxylic acid groups (broad SMARTS) is 1. The van der Waals surface area contributed by atoms with Gasteiger partial charge < -0.3 is 9.84 Å². The molecule has 90 valence electrons. The Hall–Kier alpha value is -1.51. The zero-order valence-electron chi connectivity index (χ0n) is 10.1. The molecule has 1 saturated carbocycles. The summed E-state index contributed by atoms with van der Waals surface area (Å²) in [6, 6.07) is 5.99. The Bertz CT molecular complexity index is 490. The van der Waals surface area contributed by atoms with Crippen LogP contribution < -0.4 is 4.74 Å². The Morgan fingerprint density at radius 3 is 2.88 bits per heavy atom. The number of hydrogen-bond donors (Lipinski definition) is 1. The van der Waals surface area contributed by atoms with Crippen molar-refractivity contribution in [3.8, 4) is 5.75 Å². The number of ether oxygens (including phenoxy) is 1. The molecular weight excluding hydrogens is 216 g/mol. The first-order chi connectivity index (χ1) is 8.03. The third-order valence-electron chi connectivity index (χ3n) is 4.21. The van der Waals surface area contributed by atoms with Gasteiger partial charge in [0.2, 0.25) is 0 Å². The van der Waals surface area contributed by atoms with E-state index in [1.165, 1.54) is 11.1 Å². The van der Waals surface area contributed by atoms with E-state index in [4.69, 9.17) is 4.74 Å². The molecule has 3 rings (SSSR count). The van der Waals surface area contributed by atoms with Crippen LogP contribution >= 0.6 is 0 Å². The molecule has 2 atom stereocenters. The topological polar surface area (TPSA) is 46.5 Å². The van der Waals surface area contributed by atoms with Gasteiger partial charge in [0, 0.05) is 17.9 Å². The molecule has 0 aromatic heterocycles. The highest BCUT2D eigenvalue weighted by molar-refractivity contribution is 5.78. The van der Waals surface area contributed by atoms with Crippen molar-refractivity contribution in [1.82, 2.24) is 0 Å². The van der Waals surface area contributed by atoms with E-state index >= 15 is 0 Å². The monoisotopic (exact) mass is 232 g/mol. The van der Waals surface area contributed by atoms with Gasteiger partial charge in [0.05, 0.1) is 12.5 Å². The van der Waals surface area contributed by atoms with Crippen LogP contribution in [0.1, 0.15) is 30.9 Å². The highest BCUT2D eigenvalue weighted by Crippen LogP contribution is 2.65. The minimum atomic E-state index is -0.684. The summed E-state index contributed by atoms with van der Waals surface area (Å²) in [6.07, 6.45) is 0.907. The van der Waals surface area contributed by atoms with E-state index in [-0.39, 0.29) is 17.3 Å². The first-order valence-electron chi connectivity index (χ1n) is 6.01. The van der Waals surface area contributed by atoms with E-state index in [1.54, 1.807) is 0 Å². The fourth-order valence-corrected chi connectivity index (χ4v) is 3.22. The van der Waals surface area contributed by atoms with E-state index in [0.717, 1.165) is 18.8 Å². The molecule has 1 fully saturated rings. The number of aliphatic carboxylic acids is 1. The zero-order chi connectivity index (χ0) is 12.2. The van der Waals surface area contributed by atoms with E-state index in [9.17, 15) is 9.90 Å². The lowest BCUT2D eigenvalue weighted by atomic mass is 9.96. The molecule has 2 unspecified atom stereocenters. The zero-order valence-corrected chi connectivity index (χ0v) is 10.1. The molecule has 1 aliphatic carbocycles. The Labute approximate surface area is 100 Å². The van der Waals surface area contributed by atoms with E-state index in [1.807, 2.05) is 26.0 Å². The van der Waals surface area contributed by atoms with Gasteiger partial charge in [-0.1, -0.05) is 26.0 Å². The van der Waals surface area contributed by atoms with Gasteiger partial charge in [-0.3, -0.25) is 4.79 Å². The van der Waals surface area contributed by atoms with Gasteiger partial charge in [-0.2, -0.15) is 0 Å². The van der Waals surface area contributed by atoms with Crippen molar-refractivity contribution in [2.75, 3.05) is 6.61 Å². The second-order valence-electron chi connectivity index (χ2n) is 5.54. The summed E-state index contributed by atoms with van der Waals surface area (Å²) in [7, 11) is 0. The normalized spacial score (nSPS) is 28.4. The van der Waals surface area contributed by atoms with Gasteiger partial charge in [0.1, 0.15) is 5.75 Å². The summed E-state index contributed by atoms with van der Waals surface area (Å²) in [6.45, 7) is 4.79. The van der Waals surface area contributed by atoms with E-state index < -0.39 is 5.97 Å². The standard InChI is InChI=1S/C14H16O3/c1-14(2)11(12(14)13(15)16)9-4-3-5-10-8(9)6-7-17-10/h3-5,11-12H,6-7H2,1-2H3,(H,15,16). The van der Waals surface area contributed by atoms with Crippen LogP contribution in [-0.2, 0) is 11.2 Å². The summed E-state index contributed by atoms with van der Waals surface area (Å²) < 4.78 is 5.53. The van der Waals surface area contributed by atoms with E-state index in [0.29, 0.717) is 0 Å². The predicted octanol–water partition coefficient (Wildman–Crippen LogP) is 2.45. The minimum Gasteiger partial charge on any atom is -0.493 e. The van der Waals surface area contributed by atoms with Crippen molar-refractivity contribution in [2.24, 2.45) is 11.3 Å². The average Bonchev–Trinajstić information content (AvgIpc) is 2.65. The van der Waals surface area contributed by atoms with Crippen molar-refractivity contribution >= 4 is 5.97 Å². The second-order valence-corrected chi connectivity index (χ2v) is 5.54. The average molecular weight is 232 g/mol. The molecule has 0 radical (unpaired) electrons. The van der Waals surface area contributed by atoms with Crippen LogP contribution in [0.3, 0.4) is 0 Å². The van der Waals surface area contributed by atoms with Gasteiger partial charge in [0.15, 0.2) is 0 Å². The smallest absolute Gasteiger partial charge is 0.307 e. The fourth-order valence-electron chi connectivity index (χ4n) is 3.22. The van der Waals surface area contributed by atoms with Gasteiger partial charge in [-0.05, 0) is 17.0 Å². The number of benzene rings is 1. The molecule has 1 aromatic rings. The molecule has 3 nitrogen and oxygen atoms in total. The maximum Gasteiger partial charge on any atom is 0.307 e. The van der Waals surface area contributed by atoms with Crippen LogP contribution in [0.25, 0.3) is 0 Å². The largest absolute Gasteiger partial charge is 0.493 e. The van der Waals surface area contributed by atoms with Crippen molar-refractivity contribution in [1.29, 1.82) is 0 Å². The van der Waals surface area contributed by atoms with Crippen LogP contribution in [0.4, 0.5) is 0 Å². The molecule has 2 aliphatic rings. The second kappa shape index (κ2) is 3.25. The Balaban J connectivity index is 2.02. The third kappa shape index (κ3) is 1.38. The van der Waals surface area contributed by atoms with Crippen molar-refractivity contribution in [3.63, 3.8) is 0 Å². The number of fused-ring (bicyclic) bond motifs is 1. The summed E-state index contributed by atoms with van der Waals surface area (Å²) >= 11 is 0. The summed E-state index contributed by atoms with van der Waals surface area (Å²) in [4.78, 5) is 11.2. The molecule has 1 aliphatic heterocycles. The van der Waals surface area contributed by atoms with Gasteiger partial charge >= 0.3 is 5.97 Å². The Morgan fingerprint density at radius 1 is 1.47 bits per heavy atom. The number of rotatable bonds is 2. The van der Waals surface area contributed by atoms with Crippen LogP contribution in [-0.4, -0.2) is 17.7 Å².